The molecule has 4 heteroatoms. The second kappa shape index (κ2) is 5.87. The van der Waals surface area contributed by atoms with Gasteiger partial charge in [-0.3, -0.25) is 4.90 Å². The summed E-state index contributed by atoms with van der Waals surface area (Å²) in [5.74, 6) is 0.846. The predicted molar refractivity (Wildman–Crippen MR) is 74.5 cm³/mol. The molecule has 0 atom stereocenters. The van der Waals surface area contributed by atoms with Gasteiger partial charge in [0.05, 0.1) is 0 Å². The number of nitrogens with zero attached hydrogens (tertiary/aromatic N) is 1. The summed E-state index contributed by atoms with van der Waals surface area (Å²) in [7, 11) is -1.38. The van der Waals surface area contributed by atoms with Gasteiger partial charge in [0.1, 0.15) is 0 Å². The van der Waals surface area contributed by atoms with Crippen molar-refractivity contribution in [2.45, 2.75) is 39.3 Å². The molecule has 1 aromatic carbocycles. The Morgan fingerprint density at radius 2 is 1.94 bits per heavy atom. The molecular weight excluding hydrogens is 225 g/mol. The average molecular weight is 247 g/mol. The first-order valence-corrected chi connectivity index (χ1v) is 6.76. The Balaban J connectivity index is 2.09. The van der Waals surface area contributed by atoms with Crippen LogP contribution in [0.3, 0.4) is 0 Å². The zero-order valence-electron chi connectivity index (χ0n) is 11.2. The largest absolute Gasteiger partial charge is 0.488 e. The minimum absolute atomic E-state index is 0.481. The van der Waals surface area contributed by atoms with Crippen LogP contribution in [0.2, 0.25) is 0 Å². The molecule has 0 aliphatic heterocycles. The number of hydrogen-bond donors (Lipinski definition) is 2. The van der Waals surface area contributed by atoms with Crippen LogP contribution in [0, 0.1) is 5.92 Å². The number of rotatable bonds is 6. The minimum atomic E-state index is -1.38. The standard InChI is InChI=1S/C14H22BNO2/c1-11(2)16(9-12-7-8-12)10-13-5-3-4-6-14(13)15(17)18/h3-6,11-12,17-18H,7-10H2,1-2H3. The van der Waals surface area contributed by atoms with Crippen molar-refractivity contribution in [2.75, 3.05) is 6.54 Å². The molecule has 1 aromatic rings. The van der Waals surface area contributed by atoms with Gasteiger partial charge in [0.25, 0.3) is 0 Å². The Hall–Kier alpha value is -0.835. The lowest BCUT2D eigenvalue weighted by atomic mass is 9.77. The number of benzene rings is 1. The highest BCUT2D eigenvalue weighted by molar-refractivity contribution is 6.59. The van der Waals surface area contributed by atoms with Crippen LogP contribution >= 0.6 is 0 Å². The normalized spacial score (nSPS) is 15.4. The van der Waals surface area contributed by atoms with Crippen molar-refractivity contribution < 1.29 is 10.0 Å². The fourth-order valence-electron chi connectivity index (χ4n) is 2.24. The van der Waals surface area contributed by atoms with E-state index in [2.05, 4.69) is 18.7 Å². The van der Waals surface area contributed by atoms with Crippen LogP contribution in [0.4, 0.5) is 0 Å². The Kier molecular flexibility index (Phi) is 4.43. The zero-order chi connectivity index (χ0) is 13.1. The van der Waals surface area contributed by atoms with Crippen molar-refractivity contribution in [1.29, 1.82) is 0 Å². The Morgan fingerprint density at radius 3 is 2.50 bits per heavy atom. The van der Waals surface area contributed by atoms with Gasteiger partial charge < -0.3 is 10.0 Å². The molecule has 0 unspecified atom stereocenters. The van der Waals surface area contributed by atoms with Gasteiger partial charge in [0.15, 0.2) is 0 Å². The molecule has 0 bridgehead atoms. The molecule has 1 saturated carbocycles. The summed E-state index contributed by atoms with van der Waals surface area (Å²) in [6, 6.07) is 8.05. The van der Waals surface area contributed by atoms with Crippen molar-refractivity contribution in [3.63, 3.8) is 0 Å². The molecule has 98 valence electrons. The SMILES string of the molecule is CC(C)N(Cc1ccccc1B(O)O)CC1CC1. The highest BCUT2D eigenvalue weighted by Gasteiger charge is 2.26. The summed E-state index contributed by atoms with van der Waals surface area (Å²) < 4.78 is 0. The van der Waals surface area contributed by atoms with E-state index in [1.807, 2.05) is 18.2 Å². The molecule has 1 fully saturated rings. The van der Waals surface area contributed by atoms with Crippen LogP contribution in [-0.2, 0) is 6.54 Å². The predicted octanol–water partition coefficient (Wildman–Crippen LogP) is 0.987. The third kappa shape index (κ3) is 3.58. The van der Waals surface area contributed by atoms with Crippen LogP contribution < -0.4 is 5.46 Å². The maximum absolute atomic E-state index is 9.39. The molecule has 2 rings (SSSR count). The first kappa shape index (κ1) is 13.6. The van der Waals surface area contributed by atoms with Gasteiger partial charge in [-0.15, -0.1) is 0 Å². The van der Waals surface area contributed by atoms with Crippen molar-refractivity contribution in [3.8, 4) is 0 Å². The highest BCUT2D eigenvalue weighted by atomic mass is 16.4. The van der Waals surface area contributed by atoms with E-state index >= 15 is 0 Å². The summed E-state index contributed by atoms with van der Waals surface area (Å²) in [5.41, 5.74) is 1.64. The van der Waals surface area contributed by atoms with E-state index in [0.29, 0.717) is 11.5 Å². The molecule has 0 spiro atoms. The second-order valence-corrected chi connectivity index (χ2v) is 5.54. The van der Waals surface area contributed by atoms with Gasteiger partial charge >= 0.3 is 7.12 Å². The lowest BCUT2D eigenvalue weighted by Crippen LogP contribution is -2.38. The summed E-state index contributed by atoms with van der Waals surface area (Å²) in [4.78, 5) is 2.42. The van der Waals surface area contributed by atoms with E-state index in [9.17, 15) is 10.0 Å². The first-order valence-electron chi connectivity index (χ1n) is 6.76. The molecular formula is C14H22BNO2. The lowest BCUT2D eigenvalue weighted by Gasteiger charge is -2.27. The van der Waals surface area contributed by atoms with E-state index in [1.165, 1.54) is 12.8 Å². The number of hydrogen-bond acceptors (Lipinski definition) is 3. The van der Waals surface area contributed by atoms with Crippen LogP contribution in [0.25, 0.3) is 0 Å². The monoisotopic (exact) mass is 247 g/mol. The van der Waals surface area contributed by atoms with Crippen molar-refractivity contribution >= 4 is 12.6 Å². The summed E-state index contributed by atoms with van der Waals surface area (Å²) in [6.07, 6.45) is 2.68. The minimum Gasteiger partial charge on any atom is -0.423 e. The lowest BCUT2D eigenvalue weighted by molar-refractivity contribution is 0.204. The van der Waals surface area contributed by atoms with E-state index < -0.39 is 7.12 Å². The third-order valence-corrected chi connectivity index (χ3v) is 3.63. The van der Waals surface area contributed by atoms with Gasteiger partial charge in [-0.25, -0.2) is 0 Å². The van der Waals surface area contributed by atoms with Gasteiger partial charge in [-0.1, -0.05) is 24.3 Å². The molecule has 1 aliphatic carbocycles. The van der Waals surface area contributed by atoms with E-state index in [1.54, 1.807) is 6.07 Å². The zero-order valence-corrected chi connectivity index (χ0v) is 11.2. The van der Waals surface area contributed by atoms with Gasteiger partial charge in [-0.05, 0) is 43.6 Å². The fraction of sp³-hybridized carbons (Fsp3) is 0.571. The Bertz CT molecular complexity index is 391. The smallest absolute Gasteiger partial charge is 0.423 e. The molecule has 2 N–H and O–H groups in total. The molecule has 0 aromatic heterocycles. The molecule has 0 radical (unpaired) electrons. The topological polar surface area (TPSA) is 43.7 Å². The molecule has 0 heterocycles. The van der Waals surface area contributed by atoms with Crippen molar-refractivity contribution in [3.05, 3.63) is 29.8 Å². The summed E-state index contributed by atoms with van der Waals surface area (Å²) in [5, 5.41) is 18.8. The molecule has 1 aliphatic rings. The molecule has 18 heavy (non-hydrogen) atoms. The quantitative estimate of drug-likeness (QED) is 0.737. The molecule has 3 nitrogen and oxygen atoms in total. The molecule has 0 saturated heterocycles. The van der Waals surface area contributed by atoms with Gasteiger partial charge in [-0.2, -0.15) is 0 Å². The van der Waals surface area contributed by atoms with Crippen LogP contribution in [-0.4, -0.2) is 34.7 Å². The van der Waals surface area contributed by atoms with Gasteiger partial charge in [0, 0.05) is 19.1 Å². The van der Waals surface area contributed by atoms with E-state index in [4.69, 9.17) is 0 Å². The molecule has 0 amide bonds. The van der Waals surface area contributed by atoms with E-state index in [0.717, 1.165) is 24.6 Å². The summed E-state index contributed by atoms with van der Waals surface area (Å²) >= 11 is 0. The van der Waals surface area contributed by atoms with Crippen molar-refractivity contribution in [2.24, 2.45) is 5.92 Å². The van der Waals surface area contributed by atoms with Crippen LogP contribution in [0.15, 0.2) is 24.3 Å². The first-order chi connectivity index (χ1) is 8.58. The maximum Gasteiger partial charge on any atom is 0.488 e. The summed E-state index contributed by atoms with van der Waals surface area (Å²) in [6.45, 7) is 6.30. The van der Waals surface area contributed by atoms with Crippen LogP contribution in [0.1, 0.15) is 32.3 Å². The Labute approximate surface area is 110 Å². The van der Waals surface area contributed by atoms with Gasteiger partial charge in [0.2, 0.25) is 0 Å². The maximum atomic E-state index is 9.39. The van der Waals surface area contributed by atoms with E-state index in [-0.39, 0.29) is 0 Å². The average Bonchev–Trinajstić information content (AvgIpc) is 3.12. The van der Waals surface area contributed by atoms with Crippen molar-refractivity contribution in [1.82, 2.24) is 4.90 Å². The van der Waals surface area contributed by atoms with Crippen LogP contribution in [0.5, 0.6) is 0 Å². The Morgan fingerprint density at radius 1 is 1.28 bits per heavy atom. The third-order valence-electron chi connectivity index (χ3n) is 3.63. The highest BCUT2D eigenvalue weighted by Crippen LogP contribution is 2.30. The fourth-order valence-corrected chi connectivity index (χ4v) is 2.24. The second-order valence-electron chi connectivity index (χ2n) is 5.54.